The van der Waals surface area contributed by atoms with Gasteiger partial charge in [-0.3, -0.25) is 0 Å². The summed E-state index contributed by atoms with van der Waals surface area (Å²) in [6, 6.07) is 7.24. The fraction of sp³-hybridized carbons (Fsp3) is 0.182. The van der Waals surface area contributed by atoms with Gasteiger partial charge in [0.05, 0.1) is 0 Å². The molecular weight excluding hydrogens is 376 g/mol. The topological polar surface area (TPSA) is 142 Å². The number of benzene rings is 3. The highest BCUT2D eigenvalue weighted by molar-refractivity contribution is 5.59. The lowest BCUT2D eigenvalue weighted by atomic mass is 9.90. The van der Waals surface area contributed by atoms with E-state index in [-0.39, 0.29) is 18.6 Å². The molecule has 0 aromatic heterocycles. The molecule has 0 unspecified atom stereocenters. The fourth-order valence-electron chi connectivity index (χ4n) is 3.35. The first-order chi connectivity index (χ1) is 13.6. The van der Waals surface area contributed by atoms with Gasteiger partial charge in [-0.05, 0) is 42.7 Å². The van der Waals surface area contributed by atoms with Crippen LogP contribution in [0.25, 0.3) is 0 Å². The lowest BCUT2D eigenvalue weighted by Crippen LogP contribution is -2.01. The Morgan fingerprint density at radius 2 is 1.03 bits per heavy atom. The highest BCUT2D eigenvalue weighted by atomic mass is 16.3. The maximum Gasteiger partial charge on any atom is 0.200 e. The lowest BCUT2D eigenvalue weighted by molar-refractivity contribution is 0.365. The van der Waals surface area contributed by atoms with Crippen molar-refractivity contribution in [3.8, 4) is 40.2 Å². The maximum absolute atomic E-state index is 10.6. The van der Waals surface area contributed by atoms with Gasteiger partial charge in [0.1, 0.15) is 5.75 Å². The average Bonchev–Trinajstić information content (AvgIpc) is 2.69. The van der Waals surface area contributed by atoms with E-state index in [0.29, 0.717) is 27.8 Å². The minimum atomic E-state index is -0.628. The van der Waals surface area contributed by atoms with Gasteiger partial charge in [-0.25, -0.2) is 0 Å². The summed E-state index contributed by atoms with van der Waals surface area (Å²) in [6.07, 6.45) is 0.325. The Kier molecular flexibility index (Phi) is 5.07. The van der Waals surface area contributed by atoms with E-state index < -0.39 is 34.5 Å². The Morgan fingerprint density at radius 3 is 1.55 bits per heavy atom. The van der Waals surface area contributed by atoms with E-state index >= 15 is 0 Å². The van der Waals surface area contributed by atoms with Crippen LogP contribution in [0.5, 0.6) is 40.2 Å². The van der Waals surface area contributed by atoms with Crippen molar-refractivity contribution in [1.29, 1.82) is 0 Å². The van der Waals surface area contributed by atoms with Gasteiger partial charge in [0.25, 0.3) is 0 Å². The largest absolute Gasteiger partial charge is 0.507 e. The summed E-state index contributed by atoms with van der Waals surface area (Å²) < 4.78 is 0. The van der Waals surface area contributed by atoms with Crippen molar-refractivity contribution < 1.29 is 35.7 Å². The van der Waals surface area contributed by atoms with E-state index in [1.54, 1.807) is 19.9 Å². The minimum Gasteiger partial charge on any atom is -0.507 e. The van der Waals surface area contributed by atoms with Crippen molar-refractivity contribution in [1.82, 2.24) is 0 Å². The fourth-order valence-corrected chi connectivity index (χ4v) is 3.35. The van der Waals surface area contributed by atoms with Gasteiger partial charge in [0.2, 0.25) is 11.5 Å². The van der Waals surface area contributed by atoms with Gasteiger partial charge in [-0.1, -0.05) is 18.2 Å². The van der Waals surface area contributed by atoms with Crippen molar-refractivity contribution >= 4 is 0 Å². The molecule has 0 heterocycles. The number of aryl methyl sites for hydroxylation is 1. The van der Waals surface area contributed by atoms with E-state index in [9.17, 15) is 35.7 Å². The third-order valence-corrected chi connectivity index (χ3v) is 5.16. The zero-order chi connectivity index (χ0) is 21.5. The first-order valence-corrected chi connectivity index (χ1v) is 8.88. The second kappa shape index (κ2) is 7.35. The summed E-state index contributed by atoms with van der Waals surface area (Å²) in [5.41, 5.74) is 3.27. The zero-order valence-corrected chi connectivity index (χ0v) is 15.9. The number of hydrogen-bond acceptors (Lipinski definition) is 7. The molecule has 0 spiro atoms. The summed E-state index contributed by atoms with van der Waals surface area (Å²) in [5, 5.41) is 69.3. The monoisotopic (exact) mass is 398 g/mol. The van der Waals surface area contributed by atoms with Crippen LogP contribution < -0.4 is 0 Å². The van der Waals surface area contributed by atoms with Crippen LogP contribution in [0, 0.1) is 13.8 Å². The Balaban J connectivity index is 2.06. The molecule has 7 heteroatoms. The van der Waals surface area contributed by atoms with Crippen molar-refractivity contribution in [3.63, 3.8) is 0 Å². The second-order valence-electron chi connectivity index (χ2n) is 7.04. The van der Waals surface area contributed by atoms with Gasteiger partial charge >= 0.3 is 0 Å². The number of phenols is 7. The van der Waals surface area contributed by atoms with Gasteiger partial charge in [-0.15, -0.1) is 0 Å². The molecule has 3 aromatic carbocycles. The van der Waals surface area contributed by atoms with E-state index in [1.807, 2.05) is 0 Å². The SMILES string of the molecule is Cc1cc(Cc2ccc(O)c(O)c2O)c(C)c(Cc2ccc(O)c(O)c2O)c1O. The molecule has 7 N–H and O–H groups in total. The molecule has 0 bridgehead atoms. The molecule has 0 saturated heterocycles. The Morgan fingerprint density at radius 1 is 0.552 bits per heavy atom. The number of aromatic hydroxyl groups is 7. The van der Waals surface area contributed by atoms with E-state index in [1.165, 1.54) is 24.3 Å². The molecule has 29 heavy (non-hydrogen) atoms. The summed E-state index contributed by atoms with van der Waals surface area (Å²) in [4.78, 5) is 0. The summed E-state index contributed by atoms with van der Waals surface area (Å²) >= 11 is 0. The van der Waals surface area contributed by atoms with Crippen LogP contribution >= 0.6 is 0 Å². The third kappa shape index (κ3) is 3.54. The van der Waals surface area contributed by atoms with Crippen LogP contribution in [0.15, 0.2) is 30.3 Å². The molecule has 0 saturated carbocycles. The molecule has 0 aliphatic rings. The first-order valence-electron chi connectivity index (χ1n) is 8.88. The van der Waals surface area contributed by atoms with Gasteiger partial charge in [0, 0.05) is 29.5 Å². The zero-order valence-electron chi connectivity index (χ0n) is 15.9. The van der Waals surface area contributed by atoms with Crippen molar-refractivity contribution in [2.75, 3.05) is 0 Å². The molecule has 0 radical (unpaired) electrons. The van der Waals surface area contributed by atoms with Crippen LogP contribution in [-0.4, -0.2) is 35.7 Å². The van der Waals surface area contributed by atoms with Crippen LogP contribution in [0.3, 0.4) is 0 Å². The van der Waals surface area contributed by atoms with Crippen LogP contribution in [0.4, 0.5) is 0 Å². The van der Waals surface area contributed by atoms with Gasteiger partial charge < -0.3 is 35.7 Å². The van der Waals surface area contributed by atoms with Gasteiger partial charge in [0.15, 0.2) is 23.0 Å². The molecule has 0 aliphatic heterocycles. The van der Waals surface area contributed by atoms with Crippen molar-refractivity contribution in [2.45, 2.75) is 26.7 Å². The average molecular weight is 398 g/mol. The standard InChI is InChI=1S/C22H22O7/c1-10-7-14(8-12-3-5-16(23)21(28)19(12)26)11(2)15(18(10)25)9-13-4-6-17(24)22(29)20(13)27/h3-7,23-29H,8-9H2,1-2H3. The molecule has 3 rings (SSSR count). The highest BCUT2D eigenvalue weighted by Crippen LogP contribution is 2.41. The van der Waals surface area contributed by atoms with Crippen molar-refractivity contribution in [3.05, 3.63) is 63.7 Å². The molecule has 0 fully saturated rings. The predicted molar refractivity (Wildman–Crippen MR) is 106 cm³/mol. The molecule has 0 amide bonds. The number of hydrogen-bond donors (Lipinski definition) is 7. The first kappa shape index (κ1) is 20.0. The normalized spacial score (nSPS) is 11.0. The van der Waals surface area contributed by atoms with Gasteiger partial charge in [-0.2, -0.15) is 0 Å². The van der Waals surface area contributed by atoms with E-state index in [0.717, 1.165) is 5.56 Å². The molecule has 0 atom stereocenters. The van der Waals surface area contributed by atoms with Crippen LogP contribution in [-0.2, 0) is 12.8 Å². The number of rotatable bonds is 4. The summed E-state index contributed by atoms with van der Waals surface area (Å²) in [5.74, 6) is -2.94. The quantitative estimate of drug-likeness (QED) is 0.334. The maximum atomic E-state index is 10.6. The van der Waals surface area contributed by atoms with E-state index in [2.05, 4.69) is 0 Å². The highest BCUT2D eigenvalue weighted by Gasteiger charge is 2.19. The smallest absolute Gasteiger partial charge is 0.200 e. The molecule has 7 nitrogen and oxygen atoms in total. The lowest BCUT2D eigenvalue weighted by Gasteiger charge is -2.17. The van der Waals surface area contributed by atoms with Crippen LogP contribution in [0.2, 0.25) is 0 Å². The second-order valence-corrected chi connectivity index (χ2v) is 7.04. The number of phenolic OH excluding ortho intramolecular Hbond substituents is 7. The van der Waals surface area contributed by atoms with E-state index in [4.69, 9.17) is 0 Å². The predicted octanol–water partition coefficient (Wildman–Crippen LogP) is 3.42. The van der Waals surface area contributed by atoms with Crippen molar-refractivity contribution in [2.24, 2.45) is 0 Å². The molecule has 152 valence electrons. The summed E-state index contributed by atoms with van der Waals surface area (Å²) in [7, 11) is 0. The molecular formula is C22H22O7. The summed E-state index contributed by atoms with van der Waals surface area (Å²) in [6.45, 7) is 3.49. The Hall–Kier alpha value is -3.74. The Bertz CT molecular complexity index is 1100. The third-order valence-electron chi connectivity index (χ3n) is 5.16. The Labute approximate surface area is 167 Å². The molecule has 0 aliphatic carbocycles. The molecule has 3 aromatic rings. The minimum absolute atomic E-state index is 0.0380. The van der Waals surface area contributed by atoms with Crippen LogP contribution in [0.1, 0.15) is 33.4 Å².